The van der Waals surface area contributed by atoms with Gasteiger partial charge >= 0.3 is 5.97 Å². The van der Waals surface area contributed by atoms with E-state index in [1.807, 2.05) is 18.7 Å². The van der Waals surface area contributed by atoms with Gasteiger partial charge in [0.25, 0.3) is 0 Å². The molecule has 1 aliphatic rings. The zero-order chi connectivity index (χ0) is 24.1. The normalized spacial score (nSPS) is 15.9. The maximum Gasteiger partial charge on any atom is 0.309 e. The highest BCUT2D eigenvalue weighted by atomic mass is 32.2. The molecule has 0 radical (unpaired) electrons. The summed E-state index contributed by atoms with van der Waals surface area (Å²) in [6.45, 7) is 16.5. The lowest BCUT2D eigenvalue weighted by molar-refractivity contribution is -0.151. The molecule has 1 unspecified atom stereocenters. The molecule has 1 atom stereocenters. The number of piperidine rings is 1. The molecule has 3 rings (SSSR count). The molecule has 2 aromatic heterocycles. The molecule has 0 aliphatic carbocycles. The van der Waals surface area contributed by atoms with Crippen LogP contribution in [0.1, 0.15) is 56.8 Å². The van der Waals surface area contributed by atoms with Gasteiger partial charge in [-0.15, -0.1) is 11.3 Å². The number of aryl methyl sites for hydroxylation is 2. The second-order valence-electron chi connectivity index (χ2n) is 8.48. The Morgan fingerprint density at radius 2 is 1.85 bits per heavy atom. The highest BCUT2D eigenvalue weighted by Crippen LogP contribution is 2.37. The van der Waals surface area contributed by atoms with Crippen molar-refractivity contribution in [2.24, 2.45) is 5.92 Å². The number of hydrogen-bond donors (Lipinski definition) is 0. The Morgan fingerprint density at radius 1 is 1.18 bits per heavy atom. The molecule has 0 bridgehead atoms. The minimum atomic E-state index is -0.261. The van der Waals surface area contributed by atoms with Gasteiger partial charge in [0, 0.05) is 23.4 Å². The Kier molecular flexibility index (Phi) is 9.12. The molecule has 1 aliphatic heterocycles. The number of carbonyl (C=O) groups is 2. The molecule has 2 aromatic rings. The van der Waals surface area contributed by atoms with Crippen LogP contribution >= 0.6 is 23.1 Å². The minimum Gasteiger partial charge on any atom is -0.466 e. The van der Waals surface area contributed by atoms with E-state index in [2.05, 4.69) is 32.6 Å². The highest BCUT2D eigenvalue weighted by molar-refractivity contribution is 8.00. The third-order valence-corrected chi connectivity index (χ3v) is 8.54. The van der Waals surface area contributed by atoms with Gasteiger partial charge in [0.2, 0.25) is 5.91 Å². The van der Waals surface area contributed by atoms with Crippen LogP contribution in [-0.2, 0) is 20.9 Å². The smallest absolute Gasteiger partial charge is 0.309 e. The number of rotatable bonds is 9. The van der Waals surface area contributed by atoms with E-state index < -0.39 is 0 Å². The standard InChI is InChI=1S/C24H36N4O3S2/c1-7-27(8-2)14-19-25-21-20(15(4)16(5)32-21)22(26-19)33-17(6)23(29)28-12-10-18(11-13-28)24(30)31-9-3/h17-18H,7-14H2,1-6H3. The lowest BCUT2D eigenvalue weighted by atomic mass is 9.97. The highest BCUT2D eigenvalue weighted by Gasteiger charge is 2.31. The van der Waals surface area contributed by atoms with Crippen LogP contribution in [0, 0.1) is 19.8 Å². The number of ether oxygens (including phenoxy) is 1. The van der Waals surface area contributed by atoms with Gasteiger partial charge in [0.1, 0.15) is 15.7 Å². The van der Waals surface area contributed by atoms with Crippen LogP contribution < -0.4 is 0 Å². The van der Waals surface area contributed by atoms with Crippen LogP contribution in [-0.4, -0.2) is 69.7 Å². The third kappa shape index (κ3) is 6.05. The molecule has 0 N–H and O–H groups in total. The molecule has 0 spiro atoms. The summed E-state index contributed by atoms with van der Waals surface area (Å²) < 4.78 is 5.15. The van der Waals surface area contributed by atoms with Gasteiger partial charge in [-0.3, -0.25) is 14.5 Å². The van der Waals surface area contributed by atoms with Gasteiger partial charge in [-0.2, -0.15) is 0 Å². The molecule has 0 aromatic carbocycles. The van der Waals surface area contributed by atoms with Gasteiger partial charge in [0.15, 0.2) is 0 Å². The third-order valence-electron chi connectivity index (χ3n) is 6.36. The Bertz CT molecular complexity index is 982. The number of aromatic nitrogens is 2. The monoisotopic (exact) mass is 492 g/mol. The van der Waals surface area contributed by atoms with Crippen molar-refractivity contribution in [3.8, 4) is 0 Å². The van der Waals surface area contributed by atoms with Crippen molar-refractivity contribution < 1.29 is 14.3 Å². The molecule has 1 saturated heterocycles. The molecular weight excluding hydrogens is 456 g/mol. The van der Waals surface area contributed by atoms with Crippen LogP contribution in [0.5, 0.6) is 0 Å². The Labute approximate surface area is 205 Å². The zero-order valence-corrected chi connectivity index (χ0v) is 22.3. The SMILES string of the molecule is CCOC(=O)C1CCN(C(=O)C(C)Sc2nc(CN(CC)CC)nc3sc(C)c(C)c23)CC1. The van der Waals surface area contributed by atoms with Crippen molar-refractivity contribution >= 4 is 45.2 Å². The molecule has 1 amide bonds. The summed E-state index contributed by atoms with van der Waals surface area (Å²) in [5, 5.41) is 1.71. The van der Waals surface area contributed by atoms with Crippen molar-refractivity contribution in [1.82, 2.24) is 19.8 Å². The molecule has 1 fully saturated rings. The average molecular weight is 493 g/mol. The number of carbonyl (C=O) groups excluding carboxylic acids is 2. The fourth-order valence-corrected chi connectivity index (χ4v) is 6.35. The van der Waals surface area contributed by atoms with Gasteiger partial charge < -0.3 is 9.64 Å². The molecule has 3 heterocycles. The number of amides is 1. The van der Waals surface area contributed by atoms with Gasteiger partial charge in [0.05, 0.1) is 24.3 Å². The summed E-state index contributed by atoms with van der Waals surface area (Å²) in [5.41, 5.74) is 1.20. The number of fused-ring (bicyclic) bond motifs is 1. The lowest BCUT2D eigenvalue weighted by Crippen LogP contribution is -2.43. The number of thiophene rings is 1. The van der Waals surface area contributed by atoms with E-state index in [0.29, 0.717) is 39.1 Å². The molecule has 33 heavy (non-hydrogen) atoms. The van der Waals surface area contributed by atoms with E-state index in [4.69, 9.17) is 14.7 Å². The van der Waals surface area contributed by atoms with Crippen molar-refractivity contribution in [3.63, 3.8) is 0 Å². The molecule has 182 valence electrons. The van der Waals surface area contributed by atoms with Crippen LogP contribution in [0.15, 0.2) is 5.03 Å². The van der Waals surface area contributed by atoms with Crippen molar-refractivity contribution in [3.05, 3.63) is 16.3 Å². The van der Waals surface area contributed by atoms with Crippen LogP contribution in [0.3, 0.4) is 0 Å². The fourth-order valence-electron chi connectivity index (χ4n) is 4.13. The maximum absolute atomic E-state index is 13.2. The van der Waals surface area contributed by atoms with E-state index in [-0.39, 0.29) is 23.0 Å². The average Bonchev–Trinajstić information content (AvgIpc) is 3.10. The summed E-state index contributed by atoms with van der Waals surface area (Å²) >= 11 is 3.23. The molecule has 7 nitrogen and oxygen atoms in total. The maximum atomic E-state index is 13.2. The summed E-state index contributed by atoms with van der Waals surface area (Å²) in [6, 6.07) is 0. The largest absolute Gasteiger partial charge is 0.466 e. The van der Waals surface area contributed by atoms with Crippen molar-refractivity contribution in [1.29, 1.82) is 0 Å². The van der Waals surface area contributed by atoms with Crippen LogP contribution in [0.25, 0.3) is 10.2 Å². The first-order valence-electron chi connectivity index (χ1n) is 11.9. The number of nitrogens with zero attached hydrogens (tertiary/aromatic N) is 4. The van der Waals surface area contributed by atoms with E-state index >= 15 is 0 Å². The van der Waals surface area contributed by atoms with Crippen molar-refractivity contribution in [2.45, 2.75) is 71.2 Å². The molecular formula is C24H36N4O3S2. The first kappa shape index (κ1) is 25.9. The van der Waals surface area contributed by atoms with Crippen LogP contribution in [0.4, 0.5) is 0 Å². The Morgan fingerprint density at radius 3 is 2.45 bits per heavy atom. The quantitative estimate of drug-likeness (QED) is 0.291. The summed E-state index contributed by atoms with van der Waals surface area (Å²) in [4.78, 5) is 41.4. The zero-order valence-electron chi connectivity index (χ0n) is 20.6. The lowest BCUT2D eigenvalue weighted by Gasteiger charge is -2.32. The molecule has 9 heteroatoms. The van der Waals surface area contributed by atoms with Gasteiger partial charge in [-0.1, -0.05) is 25.6 Å². The van der Waals surface area contributed by atoms with Crippen molar-refractivity contribution in [2.75, 3.05) is 32.8 Å². The molecule has 0 saturated carbocycles. The second-order valence-corrected chi connectivity index (χ2v) is 11.0. The fraction of sp³-hybridized carbons (Fsp3) is 0.667. The summed E-state index contributed by atoms with van der Waals surface area (Å²) in [6.07, 6.45) is 1.33. The van der Waals surface area contributed by atoms with E-state index in [0.717, 1.165) is 34.2 Å². The first-order chi connectivity index (χ1) is 15.8. The number of likely N-dealkylation sites (tertiary alicyclic amines) is 1. The number of thioether (sulfide) groups is 1. The van der Waals surface area contributed by atoms with E-state index in [9.17, 15) is 9.59 Å². The Hall–Kier alpha value is -1.71. The predicted octanol–water partition coefficient (Wildman–Crippen LogP) is 4.43. The van der Waals surface area contributed by atoms with Crippen LogP contribution in [0.2, 0.25) is 0 Å². The topological polar surface area (TPSA) is 75.6 Å². The number of esters is 1. The second kappa shape index (κ2) is 11.6. The summed E-state index contributed by atoms with van der Waals surface area (Å²) in [7, 11) is 0. The van der Waals surface area contributed by atoms with E-state index in [1.165, 1.54) is 22.2 Å². The van der Waals surface area contributed by atoms with E-state index in [1.54, 1.807) is 11.3 Å². The van der Waals surface area contributed by atoms with Gasteiger partial charge in [-0.25, -0.2) is 9.97 Å². The minimum absolute atomic E-state index is 0.0995. The predicted molar refractivity (Wildman–Crippen MR) is 135 cm³/mol. The summed E-state index contributed by atoms with van der Waals surface area (Å²) in [5.74, 6) is 0.672. The first-order valence-corrected chi connectivity index (χ1v) is 13.6. The Balaban J connectivity index is 1.76. The number of hydrogen-bond acceptors (Lipinski definition) is 8. The van der Waals surface area contributed by atoms with Gasteiger partial charge in [-0.05, 0) is 59.2 Å².